The summed E-state index contributed by atoms with van der Waals surface area (Å²) in [5.41, 5.74) is 2.55. The molecule has 0 bridgehead atoms. The van der Waals surface area contributed by atoms with E-state index in [-0.39, 0.29) is 23.6 Å². The molecule has 0 unspecified atom stereocenters. The zero-order chi connectivity index (χ0) is 19.6. The minimum atomic E-state index is -0.768. The largest absolute Gasteiger partial charge is 0.343 e. The fourth-order valence-electron chi connectivity index (χ4n) is 3.25. The quantitative estimate of drug-likeness (QED) is 0.353. The minimum absolute atomic E-state index is 0.0198. The second kappa shape index (κ2) is 7.20. The number of terminal acetylenes is 1. The van der Waals surface area contributed by atoms with Crippen molar-refractivity contribution in [2.24, 2.45) is 7.05 Å². The highest BCUT2D eigenvalue weighted by molar-refractivity contribution is 6.43. The Morgan fingerprint density at radius 2 is 1.92 bits per heavy atom. The first-order valence-electron chi connectivity index (χ1n) is 8.58. The highest BCUT2D eigenvalue weighted by Gasteiger charge is 2.46. The van der Waals surface area contributed by atoms with E-state index in [2.05, 4.69) is 16.6 Å². The summed E-state index contributed by atoms with van der Waals surface area (Å²) in [7, 11) is 1.72. The summed E-state index contributed by atoms with van der Waals surface area (Å²) in [5, 5.41) is 5.46. The maximum absolute atomic E-state index is 12.9. The van der Waals surface area contributed by atoms with Gasteiger partial charge >= 0.3 is 0 Å². The van der Waals surface area contributed by atoms with Crippen LogP contribution in [0.1, 0.15) is 58.8 Å². The van der Waals surface area contributed by atoms with Gasteiger partial charge in [-0.25, -0.2) is 0 Å². The number of allylic oxidation sites excluding steroid dienone is 1. The first-order valence-corrected chi connectivity index (χ1v) is 8.58. The molecule has 2 rings (SSSR count). The normalized spacial score (nSPS) is 15.2. The summed E-state index contributed by atoms with van der Waals surface area (Å²) in [5.74, 6) is 0.565. The van der Waals surface area contributed by atoms with Gasteiger partial charge in [0.15, 0.2) is 0 Å². The van der Waals surface area contributed by atoms with Crippen LogP contribution in [0.25, 0.3) is 0 Å². The first-order chi connectivity index (χ1) is 12.2. The maximum atomic E-state index is 12.9. The summed E-state index contributed by atoms with van der Waals surface area (Å²) in [6.07, 6.45) is 8.91. The van der Waals surface area contributed by atoms with Gasteiger partial charge in [0.25, 0.3) is 17.6 Å². The Morgan fingerprint density at radius 3 is 2.42 bits per heavy atom. The van der Waals surface area contributed by atoms with E-state index in [0.29, 0.717) is 17.0 Å². The molecular weight excluding hydrogens is 330 g/mol. The molecule has 6 nitrogen and oxygen atoms in total. The SMILES string of the molecule is C#CCNC(=O)C(=O)c1c(C)c(C(=O)NC2(/C(C)=C/C)CC2)n(C)c1C. The lowest BCUT2D eigenvalue weighted by Gasteiger charge is -2.19. The smallest absolute Gasteiger partial charge is 0.293 e. The summed E-state index contributed by atoms with van der Waals surface area (Å²) in [4.78, 5) is 37.4. The number of nitrogens with one attached hydrogen (secondary N) is 2. The molecule has 0 aromatic carbocycles. The van der Waals surface area contributed by atoms with Crippen LogP contribution in [-0.2, 0) is 11.8 Å². The van der Waals surface area contributed by atoms with Gasteiger partial charge in [-0.15, -0.1) is 6.42 Å². The van der Waals surface area contributed by atoms with Gasteiger partial charge in [-0.2, -0.15) is 0 Å². The third-order valence-corrected chi connectivity index (χ3v) is 5.22. The summed E-state index contributed by atoms with van der Waals surface area (Å²) >= 11 is 0. The minimum Gasteiger partial charge on any atom is -0.343 e. The number of nitrogens with zero attached hydrogens (tertiary/aromatic N) is 1. The van der Waals surface area contributed by atoms with Crippen LogP contribution in [0, 0.1) is 26.2 Å². The number of carbonyl (C=O) groups excluding carboxylic acids is 3. The van der Waals surface area contributed by atoms with Gasteiger partial charge in [0.1, 0.15) is 5.69 Å². The number of Topliss-reactive ketones (excluding diaryl/α,β-unsaturated/α-hetero) is 1. The predicted molar refractivity (Wildman–Crippen MR) is 99.9 cm³/mol. The molecule has 0 spiro atoms. The third-order valence-electron chi connectivity index (χ3n) is 5.22. The molecule has 2 N–H and O–H groups in total. The number of ketones is 1. The van der Waals surface area contributed by atoms with Gasteiger partial charge < -0.3 is 15.2 Å². The van der Waals surface area contributed by atoms with Crippen LogP contribution >= 0.6 is 0 Å². The van der Waals surface area contributed by atoms with E-state index in [4.69, 9.17) is 6.42 Å². The van der Waals surface area contributed by atoms with Crippen LogP contribution in [0.4, 0.5) is 0 Å². The van der Waals surface area contributed by atoms with Crippen molar-refractivity contribution in [1.29, 1.82) is 0 Å². The number of aromatic nitrogens is 1. The van der Waals surface area contributed by atoms with Crippen molar-refractivity contribution < 1.29 is 14.4 Å². The highest BCUT2D eigenvalue weighted by atomic mass is 16.2. The predicted octanol–water partition coefficient (Wildman–Crippen LogP) is 1.80. The molecule has 1 heterocycles. The molecule has 26 heavy (non-hydrogen) atoms. The molecule has 6 heteroatoms. The Morgan fingerprint density at radius 1 is 1.31 bits per heavy atom. The van der Waals surface area contributed by atoms with Crippen molar-refractivity contribution in [3.63, 3.8) is 0 Å². The molecule has 1 fully saturated rings. The molecular formula is C20H25N3O3. The summed E-state index contributed by atoms with van der Waals surface area (Å²) in [6, 6.07) is 0. The molecule has 0 saturated heterocycles. The molecule has 0 aliphatic heterocycles. The number of rotatable bonds is 6. The lowest BCUT2D eigenvalue weighted by molar-refractivity contribution is -0.116. The Kier molecular flexibility index (Phi) is 5.41. The number of carbonyl (C=O) groups is 3. The molecule has 1 aliphatic rings. The van der Waals surface area contributed by atoms with Gasteiger partial charge in [0.05, 0.1) is 17.6 Å². The molecule has 0 atom stereocenters. The summed E-state index contributed by atoms with van der Waals surface area (Å²) < 4.78 is 1.66. The zero-order valence-corrected chi connectivity index (χ0v) is 15.9. The second-order valence-electron chi connectivity index (χ2n) is 6.72. The van der Waals surface area contributed by atoms with E-state index in [1.807, 2.05) is 19.9 Å². The van der Waals surface area contributed by atoms with Gasteiger partial charge in [-0.3, -0.25) is 14.4 Å². The van der Waals surface area contributed by atoms with Gasteiger partial charge in [-0.1, -0.05) is 17.6 Å². The fraction of sp³-hybridized carbons (Fsp3) is 0.450. The van der Waals surface area contributed by atoms with Crippen molar-refractivity contribution in [1.82, 2.24) is 15.2 Å². The molecule has 1 aromatic heterocycles. The number of amides is 2. The Labute approximate surface area is 154 Å². The Hall–Kier alpha value is -2.81. The molecule has 1 aromatic rings. The van der Waals surface area contributed by atoms with Crippen LogP contribution in [0.3, 0.4) is 0 Å². The van der Waals surface area contributed by atoms with Crippen molar-refractivity contribution in [3.05, 3.63) is 34.2 Å². The Balaban J connectivity index is 2.35. The lowest BCUT2D eigenvalue weighted by Crippen LogP contribution is -2.39. The van der Waals surface area contributed by atoms with Gasteiger partial charge in [0.2, 0.25) is 0 Å². The molecule has 0 radical (unpaired) electrons. The van der Waals surface area contributed by atoms with E-state index < -0.39 is 11.7 Å². The van der Waals surface area contributed by atoms with Crippen molar-refractivity contribution in [3.8, 4) is 12.3 Å². The van der Waals surface area contributed by atoms with Crippen molar-refractivity contribution in [2.75, 3.05) is 6.54 Å². The molecule has 2 amide bonds. The molecule has 138 valence electrons. The van der Waals surface area contributed by atoms with Gasteiger partial charge in [-0.05, 0) is 46.1 Å². The monoisotopic (exact) mass is 355 g/mol. The van der Waals surface area contributed by atoms with Crippen LogP contribution < -0.4 is 10.6 Å². The van der Waals surface area contributed by atoms with Crippen LogP contribution in [-0.4, -0.2) is 34.2 Å². The van der Waals surface area contributed by atoms with Crippen LogP contribution in [0.2, 0.25) is 0 Å². The first kappa shape index (κ1) is 19.5. The van der Waals surface area contributed by atoms with Gasteiger partial charge in [0, 0.05) is 12.7 Å². The van der Waals surface area contributed by atoms with Crippen molar-refractivity contribution in [2.45, 2.75) is 46.1 Å². The van der Waals surface area contributed by atoms with Crippen LogP contribution in [0.5, 0.6) is 0 Å². The van der Waals surface area contributed by atoms with E-state index in [0.717, 1.165) is 18.4 Å². The summed E-state index contributed by atoms with van der Waals surface area (Å²) in [6.45, 7) is 7.33. The number of hydrogen-bond acceptors (Lipinski definition) is 3. The molecule has 1 saturated carbocycles. The maximum Gasteiger partial charge on any atom is 0.293 e. The van der Waals surface area contributed by atoms with E-state index in [1.165, 1.54) is 0 Å². The topological polar surface area (TPSA) is 80.2 Å². The Bertz CT molecular complexity index is 849. The average Bonchev–Trinajstić information content (AvgIpc) is 3.34. The number of hydrogen-bond donors (Lipinski definition) is 2. The van der Waals surface area contributed by atoms with E-state index in [1.54, 1.807) is 25.5 Å². The third kappa shape index (κ3) is 3.30. The average molecular weight is 355 g/mol. The second-order valence-corrected chi connectivity index (χ2v) is 6.72. The van der Waals surface area contributed by atoms with Crippen LogP contribution in [0.15, 0.2) is 11.6 Å². The lowest BCUT2D eigenvalue weighted by atomic mass is 10.0. The zero-order valence-electron chi connectivity index (χ0n) is 15.9. The van der Waals surface area contributed by atoms with Crippen molar-refractivity contribution >= 4 is 17.6 Å². The van der Waals surface area contributed by atoms with E-state index in [9.17, 15) is 14.4 Å². The fourth-order valence-corrected chi connectivity index (χ4v) is 3.25. The standard InChI is InChI=1S/C20H25N3O3/c1-7-11-21-19(26)17(24)15-13(4)16(23(6)14(15)5)18(25)22-20(9-10-20)12(3)8-2/h1,8H,9-11H2,2-6H3,(H,21,26)(H,22,25)/b12-8+. The highest BCUT2D eigenvalue weighted by Crippen LogP contribution is 2.42. The molecule has 1 aliphatic carbocycles. The van der Waals surface area contributed by atoms with E-state index >= 15 is 0 Å².